The summed E-state index contributed by atoms with van der Waals surface area (Å²) in [6.07, 6.45) is 0. The molecular weight excluding hydrogens is 408 g/mol. The molecule has 0 radical (unpaired) electrons. The number of carbonyl (C=O) groups excluding carboxylic acids is 2. The summed E-state index contributed by atoms with van der Waals surface area (Å²) in [5.74, 6) is -4.27. The minimum Gasteiger partial charge on any atom is -0.507 e. The van der Waals surface area contributed by atoms with E-state index in [1.807, 2.05) is 19.1 Å². The number of anilines is 1. The van der Waals surface area contributed by atoms with Crippen molar-refractivity contribution in [1.82, 2.24) is 0 Å². The van der Waals surface area contributed by atoms with Crippen LogP contribution in [0.1, 0.15) is 27.6 Å². The molecule has 0 saturated carbocycles. The molecule has 30 heavy (non-hydrogen) atoms. The number of carbonyl (C=O) groups is 2. The summed E-state index contributed by atoms with van der Waals surface area (Å²) >= 11 is 1.29. The van der Waals surface area contributed by atoms with Crippen molar-refractivity contribution in [2.75, 3.05) is 4.90 Å². The standard InChI is InChI=1S/C23H17F2NO3S/c1-12-5-6-13(2)15(10-12)21(27)19-20(18-4-3-9-30-18)26(23(29)22(19)28)14-7-8-16(24)17(25)11-14/h3-11,20,27H,1-2H3/b21-19-. The highest BCUT2D eigenvalue weighted by atomic mass is 32.1. The van der Waals surface area contributed by atoms with E-state index in [9.17, 15) is 23.5 Å². The number of aliphatic hydroxyl groups is 1. The SMILES string of the molecule is Cc1ccc(C)c(/C(O)=C2/C(=O)C(=O)N(c3ccc(F)c(F)c3)C2c2cccs2)c1. The number of hydrogen-bond acceptors (Lipinski definition) is 4. The molecule has 0 spiro atoms. The number of benzene rings is 2. The fourth-order valence-electron chi connectivity index (χ4n) is 3.59. The van der Waals surface area contributed by atoms with Gasteiger partial charge < -0.3 is 5.11 Å². The molecule has 0 bridgehead atoms. The molecule has 152 valence electrons. The lowest BCUT2D eigenvalue weighted by atomic mass is 9.96. The van der Waals surface area contributed by atoms with Crippen LogP contribution in [0.4, 0.5) is 14.5 Å². The zero-order valence-electron chi connectivity index (χ0n) is 16.1. The first-order chi connectivity index (χ1) is 14.3. The molecule has 1 amide bonds. The molecule has 2 aromatic carbocycles. The summed E-state index contributed by atoms with van der Waals surface area (Å²) in [4.78, 5) is 27.6. The predicted molar refractivity (Wildman–Crippen MR) is 111 cm³/mol. The number of nitrogens with zero attached hydrogens (tertiary/aromatic N) is 1. The number of ketones is 1. The van der Waals surface area contributed by atoms with E-state index in [2.05, 4.69) is 0 Å². The third kappa shape index (κ3) is 3.21. The van der Waals surface area contributed by atoms with Gasteiger partial charge in [0.25, 0.3) is 11.7 Å². The number of hydrogen-bond donors (Lipinski definition) is 1. The van der Waals surface area contributed by atoms with Gasteiger partial charge in [0.05, 0.1) is 5.57 Å². The van der Waals surface area contributed by atoms with Crippen LogP contribution in [0.25, 0.3) is 5.76 Å². The molecule has 1 aliphatic rings. The Labute approximate surface area is 175 Å². The monoisotopic (exact) mass is 425 g/mol. The Bertz CT molecular complexity index is 1200. The molecule has 1 fully saturated rings. The van der Waals surface area contributed by atoms with Crippen molar-refractivity contribution >= 4 is 34.5 Å². The molecule has 1 saturated heterocycles. The Hall–Kier alpha value is -3.32. The van der Waals surface area contributed by atoms with Crippen LogP contribution in [0.5, 0.6) is 0 Å². The van der Waals surface area contributed by atoms with Crippen LogP contribution < -0.4 is 4.90 Å². The zero-order chi connectivity index (χ0) is 21.6. The number of amides is 1. The quantitative estimate of drug-likeness (QED) is 0.353. The fraction of sp³-hybridized carbons (Fsp3) is 0.130. The van der Waals surface area contributed by atoms with Crippen LogP contribution in [0.15, 0.2) is 59.5 Å². The van der Waals surface area contributed by atoms with Gasteiger partial charge in [0, 0.05) is 22.2 Å². The van der Waals surface area contributed by atoms with E-state index in [1.165, 1.54) is 17.4 Å². The molecule has 7 heteroatoms. The third-order valence-electron chi connectivity index (χ3n) is 5.09. The van der Waals surface area contributed by atoms with Gasteiger partial charge in [-0.3, -0.25) is 14.5 Å². The van der Waals surface area contributed by atoms with E-state index in [4.69, 9.17) is 0 Å². The highest BCUT2D eigenvalue weighted by Gasteiger charge is 2.47. The molecule has 0 aliphatic carbocycles. The van der Waals surface area contributed by atoms with Crippen molar-refractivity contribution in [1.29, 1.82) is 0 Å². The topological polar surface area (TPSA) is 57.6 Å². The molecule has 1 aromatic heterocycles. The minimum atomic E-state index is -1.13. The molecule has 1 aliphatic heterocycles. The largest absolute Gasteiger partial charge is 0.507 e. The second kappa shape index (κ2) is 7.50. The maximum atomic E-state index is 13.9. The number of thiophene rings is 1. The first-order valence-corrected chi connectivity index (χ1v) is 10.0. The van der Waals surface area contributed by atoms with Gasteiger partial charge in [-0.1, -0.05) is 23.8 Å². The third-order valence-corrected chi connectivity index (χ3v) is 6.01. The lowest BCUT2D eigenvalue weighted by molar-refractivity contribution is -0.132. The number of rotatable bonds is 3. The van der Waals surface area contributed by atoms with Crippen molar-refractivity contribution in [3.8, 4) is 0 Å². The van der Waals surface area contributed by atoms with Gasteiger partial charge >= 0.3 is 0 Å². The molecule has 1 atom stereocenters. The zero-order valence-corrected chi connectivity index (χ0v) is 17.0. The van der Waals surface area contributed by atoms with Crippen LogP contribution >= 0.6 is 11.3 Å². The smallest absolute Gasteiger partial charge is 0.300 e. The van der Waals surface area contributed by atoms with Gasteiger partial charge in [-0.15, -0.1) is 11.3 Å². The molecule has 4 nitrogen and oxygen atoms in total. The summed E-state index contributed by atoms with van der Waals surface area (Å²) in [7, 11) is 0. The first kappa shape index (κ1) is 20.0. The minimum absolute atomic E-state index is 0.0365. The second-order valence-corrected chi connectivity index (χ2v) is 8.08. The summed E-state index contributed by atoms with van der Waals surface area (Å²) in [6, 6.07) is 11.0. The van der Waals surface area contributed by atoms with Gasteiger partial charge in [0.15, 0.2) is 11.6 Å². The molecular formula is C23H17F2NO3S. The van der Waals surface area contributed by atoms with Crippen LogP contribution in [-0.2, 0) is 9.59 Å². The van der Waals surface area contributed by atoms with Gasteiger partial charge in [-0.25, -0.2) is 8.78 Å². The Morgan fingerprint density at radius 2 is 1.80 bits per heavy atom. The average Bonchev–Trinajstić information content (AvgIpc) is 3.33. The Morgan fingerprint density at radius 3 is 2.47 bits per heavy atom. The lowest BCUT2D eigenvalue weighted by Gasteiger charge is -2.24. The molecule has 1 unspecified atom stereocenters. The predicted octanol–water partition coefficient (Wildman–Crippen LogP) is 5.27. The lowest BCUT2D eigenvalue weighted by Crippen LogP contribution is -2.29. The van der Waals surface area contributed by atoms with Gasteiger partial charge in [0.1, 0.15) is 11.8 Å². The molecule has 3 aromatic rings. The van der Waals surface area contributed by atoms with E-state index < -0.39 is 29.4 Å². The fourth-order valence-corrected chi connectivity index (χ4v) is 4.41. The van der Waals surface area contributed by atoms with Crippen LogP contribution in [0.2, 0.25) is 0 Å². The summed E-state index contributed by atoms with van der Waals surface area (Å²) in [6.45, 7) is 3.65. The van der Waals surface area contributed by atoms with Crippen LogP contribution in [0.3, 0.4) is 0 Å². The van der Waals surface area contributed by atoms with E-state index >= 15 is 0 Å². The maximum absolute atomic E-state index is 13.9. The highest BCUT2D eigenvalue weighted by molar-refractivity contribution is 7.10. The number of aliphatic hydroxyl groups excluding tert-OH is 1. The second-order valence-electron chi connectivity index (χ2n) is 7.10. The van der Waals surface area contributed by atoms with Crippen molar-refractivity contribution in [2.45, 2.75) is 19.9 Å². The summed E-state index contributed by atoms with van der Waals surface area (Å²) in [5, 5.41) is 12.9. The summed E-state index contributed by atoms with van der Waals surface area (Å²) < 4.78 is 27.3. The van der Waals surface area contributed by atoms with Gasteiger partial charge in [-0.05, 0) is 49.1 Å². The summed E-state index contributed by atoms with van der Waals surface area (Å²) in [5.41, 5.74) is 2.02. The highest BCUT2D eigenvalue weighted by Crippen LogP contribution is 2.44. The first-order valence-electron chi connectivity index (χ1n) is 9.16. The molecule has 4 rings (SSSR count). The van der Waals surface area contributed by atoms with E-state index in [0.717, 1.165) is 28.2 Å². The maximum Gasteiger partial charge on any atom is 0.300 e. The Balaban J connectivity index is 1.96. The molecule has 1 N–H and O–H groups in total. The normalized spacial score (nSPS) is 18.3. The number of aryl methyl sites for hydroxylation is 2. The average molecular weight is 425 g/mol. The van der Waals surface area contributed by atoms with Crippen LogP contribution in [0, 0.1) is 25.5 Å². The Morgan fingerprint density at radius 1 is 1.03 bits per heavy atom. The van der Waals surface area contributed by atoms with Crippen molar-refractivity contribution in [3.05, 3.63) is 92.7 Å². The number of Topliss-reactive ketones (excluding diaryl/α,β-unsaturated/α-hetero) is 1. The van der Waals surface area contributed by atoms with E-state index in [1.54, 1.807) is 30.5 Å². The Kier molecular flexibility index (Phi) is 4.99. The van der Waals surface area contributed by atoms with E-state index in [0.29, 0.717) is 10.4 Å². The van der Waals surface area contributed by atoms with Crippen molar-refractivity contribution < 1.29 is 23.5 Å². The van der Waals surface area contributed by atoms with Crippen LogP contribution in [-0.4, -0.2) is 16.8 Å². The van der Waals surface area contributed by atoms with Gasteiger partial charge in [0.2, 0.25) is 0 Å². The van der Waals surface area contributed by atoms with E-state index in [-0.39, 0.29) is 17.0 Å². The van der Waals surface area contributed by atoms with Crippen molar-refractivity contribution in [3.63, 3.8) is 0 Å². The molecule has 2 heterocycles. The number of halogens is 2. The van der Waals surface area contributed by atoms with Gasteiger partial charge in [-0.2, -0.15) is 0 Å². The van der Waals surface area contributed by atoms with Crippen molar-refractivity contribution in [2.24, 2.45) is 0 Å².